The molecule has 0 aliphatic carbocycles. The predicted molar refractivity (Wildman–Crippen MR) is 109 cm³/mol. The van der Waals surface area contributed by atoms with Crippen LogP contribution in [0, 0.1) is 0 Å². The summed E-state index contributed by atoms with van der Waals surface area (Å²) in [5, 5.41) is 30.9. The van der Waals surface area contributed by atoms with E-state index in [1.165, 1.54) is 31.3 Å². The third-order valence-electron chi connectivity index (χ3n) is 5.24. The van der Waals surface area contributed by atoms with Crippen molar-refractivity contribution in [1.29, 1.82) is 0 Å². The van der Waals surface area contributed by atoms with Crippen molar-refractivity contribution in [2.45, 2.75) is 6.04 Å². The smallest absolute Gasteiger partial charge is 0.357 e. The van der Waals surface area contributed by atoms with E-state index in [-0.39, 0.29) is 22.4 Å². The highest BCUT2D eigenvalue weighted by Crippen LogP contribution is 2.42. The number of quaternary nitrogens is 1. The molecule has 0 fully saturated rings. The van der Waals surface area contributed by atoms with Gasteiger partial charge in [-0.05, 0) is 30.3 Å². The molecule has 0 spiro atoms. The van der Waals surface area contributed by atoms with Crippen LogP contribution in [0.15, 0.2) is 36.4 Å². The van der Waals surface area contributed by atoms with Crippen molar-refractivity contribution in [2.24, 2.45) is 0 Å². The Hall–Kier alpha value is -3.28. The van der Waals surface area contributed by atoms with E-state index in [0.717, 1.165) is 18.4 Å². The van der Waals surface area contributed by atoms with E-state index in [9.17, 15) is 33.0 Å². The fourth-order valence-electron chi connectivity index (χ4n) is 3.69. The van der Waals surface area contributed by atoms with Crippen LogP contribution in [0.2, 0.25) is 0 Å². The number of hydrogen-bond donors (Lipinski definition) is 4. The van der Waals surface area contributed by atoms with E-state index in [2.05, 4.69) is 5.32 Å². The summed E-state index contributed by atoms with van der Waals surface area (Å²) in [7, 11) is -2.44. The number of aromatic hydroxyl groups is 2. The second kappa shape index (κ2) is 7.76. The van der Waals surface area contributed by atoms with Gasteiger partial charge in [-0.15, -0.1) is 0 Å². The molecule has 2 unspecified atom stereocenters. The second-order valence-corrected chi connectivity index (χ2v) is 9.66. The van der Waals surface area contributed by atoms with E-state index in [0.29, 0.717) is 0 Å². The molecule has 3 amide bonds. The number of aliphatic hydroxyl groups excluding tert-OH is 1. The number of carbonyl (C=O) groups is 3. The summed E-state index contributed by atoms with van der Waals surface area (Å²) in [6.45, 7) is -0.832. The predicted octanol–water partition coefficient (Wildman–Crippen LogP) is 0.555. The van der Waals surface area contributed by atoms with Crippen LogP contribution in [0.25, 0.3) is 0 Å². The molecule has 1 aliphatic heterocycles. The van der Waals surface area contributed by atoms with Crippen molar-refractivity contribution in [3.05, 3.63) is 53.1 Å². The van der Waals surface area contributed by atoms with Gasteiger partial charge in [-0.3, -0.25) is 4.79 Å². The first-order chi connectivity index (χ1) is 14.4. The van der Waals surface area contributed by atoms with E-state index < -0.39 is 61.9 Å². The van der Waals surface area contributed by atoms with Crippen LogP contribution in [0.3, 0.4) is 0 Å². The number of aliphatic hydroxyl groups is 1. The van der Waals surface area contributed by atoms with Crippen molar-refractivity contribution >= 4 is 33.2 Å². The summed E-state index contributed by atoms with van der Waals surface area (Å²) in [5.41, 5.74) is 0.0603. The zero-order valence-electron chi connectivity index (χ0n) is 16.7. The number of rotatable bonds is 6. The first-order valence-electron chi connectivity index (χ1n) is 9.09. The largest absolute Gasteiger partial charge is 0.504 e. The molecule has 0 aromatic heterocycles. The summed E-state index contributed by atoms with van der Waals surface area (Å²) < 4.78 is 23.4. The van der Waals surface area contributed by atoms with Crippen LogP contribution in [-0.2, 0) is 14.6 Å². The summed E-state index contributed by atoms with van der Waals surface area (Å²) in [6, 6.07) is 6.56. The lowest BCUT2D eigenvalue weighted by atomic mass is 10.0. The van der Waals surface area contributed by atoms with Gasteiger partial charge in [0.25, 0.3) is 0 Å². The van der Waals surface area contributed by atoms with Gasteiger partial charge in [0.2, 0.25) is 5.91 Å². The number of sulfone groups is 1. The Morgan fingerprint density at radius 2 is 1.77 bits per heavy atom. The lowest BCUT2D eigenvalue weighted by Gasteiger charge is -2.33. The Labute approximate surface area is 177 Å². The molecule has 3 rings (SSSR count). The first-order valence-corrected chi connectivity index (χ1v) is 11.2. The monoisotopic (exact) mass is 449 g/mol. The number of imide groups is 1. The minimum atomic E-state index is -3.70. The molecule has 2 atom stereocenters. The number of carbonyl (C=O) groups excluding carboxylic acids is 3. The highest BCUT2D eigenvalue weighted by Gasteiger charge is 2.57. The Morgan fingerprint density at radius 1 is 1.10 bits per heavy atom. The van der Waals surface area contributed by atoms with Crippen LogP contribution in [0.5, 0.6) is 11.5 Å². The van der Waals surface area contributed by atoms with Crippen molar-refractivity contribution in [2.75, 3.05) is 31.0 Å². The molecule has 11 heteroatoms. The summed E-state index contributed by atoms with van der Waals surface area (Å²) >= 11 is 0. The molecule has 0 saturated carbocycles. The molecule has 4 N–H and O–H groups in total. The molecular formula is C20H21N2O8S+. The lowest BCUT2D eigenvalue weighted by Crippen LogP contribution is -2.53. The fraction of sp³-hybridized carbons (Fsp3) is 0.250. The maximum Gasteiger partial charge on any atom is 0.357 e. The number of anilines is 1. The maximum absolute atomic E-state index is 13.5. The Morgan fingerprint density at radius 3 is 2.35 bits per heavy atom. The van der Waals surface area contributed by atoms with Gasteiger partial charge in [-0.2, -0.15) is 4.48 Å². The molecule has 31 heavy (non-hydrogen) atoms. The van der Waals surface area contributed by atoms with Gasteiger partial charge in [-0.25, -0.2) is 18.0 Å². The lowest BCUT2D eigenvalue weighted by molar-refractivity contribution is -0.773. The third-order valence-corrected chi connectivity index (χ3v) is 6.16. The van der Waals surface area contributed by atoms with Gasteiger partial charge in [0.15, 0.2) is 21.3 Å². The van der Waals surface area contributed by atoms with Gasteiger partial charge >= 0.3 is 11.8 Å². The molecule has 0 bridgehead atoms. The number of phenols is 2. The average molecular weight is 449 g/mol. The normalized spacial score (nSPS) is 19.2. The van der Waals surface area contributed by atoms with Crippen molar-refractivity contribution in [3.8, 4) is 11.5 Å². The molecule has 0 saturated heterocycles. The number of benzene rings is 2. The number of phenolic OH excluding ortho intramolecular Hbond substituents is 2. The third kappa shape index (κ3) is 3.90. The average Bonchev–Trinajstić information content (AvgIpc) is 2.90. The molecule has 1 aliphatic rings. The van der Waals surface area contributed by atoms with Gasteiger partial charge in [0.05, 0.1) is 18.3 Å². The van der Waals surface area contributed by atoms with Crippen LogP contribution >= 0.6 is 0 Å². The van der Waals surface area contributed by atoms with Gasteiger partial charge in [0, 0.05) is 11.8 Å². The van der Waals surface area contributed by atoms with E-state index in [4.69, 9.17) is 5.11 Å². The second-order valence-electron chi connectivity index (χ2n) is 7.48. The van der Waals surface area contributed by atoms with Gasteiger partial charge in [-0.1, -0.05) is 6.07 Å². The highest BCUT2D eigenvalue weighted by molar-refractivity contribution is 7.90. The minimum Gasteiger partial charge on any atom is -0.504 e. The first kappa shape index (κ1) is 22.4. The van der Waals surface area contributed by atoms with Crippen molar-refractivity contribution < 1.29 is 42.6 Å². The Kier molecular flexibility index (Phi) is 5.61. The van der Waals surface area contributed by atoms with E-state index in [1.54, 1.807) is 0 Å². The summed E-state index contributed by atoms with van der Waals surface area (Å²) in [4.78, 5) is 38.5. The van der Waals surface area contributed by atoms with Crippen molar-refractivity contribution in [3.63, 3.8) is 0 Å². The number of nitrogens with one attached hydrogen (secondary N) is 1. The van der Waals surface area contributed by atoms with Crippen LogP contribution in [0.4, 0.5) is 5.69 Å². The van der Waals surface area contributed by atoms with Crippen LogP contribution < -0.4 is 5.32 Å². The maximum atomic E-state index is 13.5. The molecule has 2 aromatic carbocycles. The van der Waals surface area contributed by atoms with E-state index in [1.807, 2.05) is 0 Å². The SMILES string of the molecule is C[N+]1(C(CS(C)(=O)=O)c2ccc(O)c(O)c2)C(=O)c2cccc(NC(=O)CO)c2C1=O. The summed E-state index contributed by atoms with van der Waals surface area (Å²) in [6.07, 6.45) is 0.956. The molecular weight excluding hydrogens is 428 g/mol. The molecule has 2 aromatic rings. The molecule has 164 valence electrons. The van der Waals surface area contributed by atoms with Gasteiger partial charge < -0.3 is 20.6 Å². The quantitative estimate of drug-likeness (QED) is 0.283. The fourth-order valence-corrected chi connectivity index (χ4v) is 4.75. The highest BCUT2D eigenvalue weighted by atomic mass is 32.2. The summed E-state index contributed by atoms with van der Waals surface area (Å²) in [5.74, 6) is -3.81. The number of amides is 3. The molecule has 0 radical (unpaired) electrons. The Balaban J connectivity index is 2.20. The minimum absolute atomic E-state index is 0.00950. The van der Waals surface area contributed by atoms with Crippen LogP contribution in [0.1, 0.15) is 32.3 Å². The standard InChI is InChI=1S/C20H20N2O8S/c1-22(14(10-31(2,29)30)11-6-7-15(24)16(25)8-11)19(27)12-4-3-5-13(18(12)20(22)28)21-17(26)9-23/h3-8,14,23H,9-10H2,1-2H3,(H2-,21,24,25,26,27,28)/p+1. The molecule has 10 nitrogen and oxygen atoms in total. The zero-order valence-corrected chi connectivity index (χ0v) is 17.5. The number of nitrogens with zero attached hydrogens (tertiary/aromatic N) is 1. The van der Waals surface area contributed by atoms with Crippen molar-refractivity contribution in [1.82, 2.24) is 0 Å². The topological polar surface area (TPSA) is 158 Å². The number of hydrogen-bond acceptors (Lipinski definition) is 8. The zero-order chi connectivity index (χ0) is 23.1. The van der Waals surface area contributed by atoms with Gasteiger partial charge in [0.1, 0.15) is 24.0 Å². The Bertz CT molecular complexity index is 1210. The van der Waals surface area contributed by atoms with Crippen LogP contribution in [-0.4, -0.2) is 71.6 Å². The van der Waals surface area contributed by atoms with E-state index >= 15 is 0 Å². The molecule has 1 heterocycles. The number of fused-ring (bicyclic) bond motifs is 1.